The van der Waals surface area contributed by atoms with Crippen molar-refractivity contribution in [1.82, 2.24) is 0 Å². The second kappa shape index (κ2) is 5.37. The largest absolute Gasteiger partial charge is 0.323 e. The molecule has 0 heterocycles. The first kappa shape index (κ1) is 12.3. The third-order valence-corrected chi connectivity index (χ3v) is 2.27. The number of halogens is 2. The summed E-state index contributed by atoms with van der Waals surface area (Å²) >= 11 is 11.6. The molecule has 0 radical (unpaired) electrons. The van der Waals surface area contributed by atoms with E-state index in [2.05, 4.69) is 5.32 Å². The first-order valence-corrected chi connectivity index (χ1v) is 4.90. The van der Waals surface area contributed by atoms with E-state index in [1.165, 1.54) is 12.1 Å². The highest BCUT2D eigenvalue weighted by molar-refractivity contribution is 6.40. The molecule has 0 atom stereocenters. The number of amides is 1. The molecule has 16 heavy (non-hydrogen) atoms. The quantitative estimate of drug-likeness (QED) is 0.881. The number of hydrogen-bond donors (Lipinski definition) is 1. The molecule has 1 amide bonds. The van der Waals surface area contributed by atoms with Gasteiger partial charge in [-0.05, 0) is 12.1 Å². The van der Waals surface area contributed by atoms with Gasteiger partial charge in [-0.2, -0.15) is 10.5 Å². The van der Waals surface area contributed by atoms with Crippen molar-refractivity contribution in [3.05, 3.63) is 27.7 Å². The van der Waals surface area contributed by atoms with Crippen LogP contribution in [0.4, 0.5) is 5.69 Å². The molecule has 6 heteroatoms. The van der Waals surface area contributed by atoms with E-state index in [0.717, 1.165) is 0 Å². The minimum atomic E-state index is -0.504. The molecule has 4 nitrogen and oxygen atoms in total. The molecule has 0 aliphatic carbocycles. The van der Waals surface area contributed by atoms with Crippen LogP contribution < -0.4 is 5.32 Å². The van der Waals surface area contributed by atoms with Crippen molar-refractivity contribution in [2.24, 2.45) is 0 Å². The minimum Gasteiger partial charge on any atom is -0.323 e. The molecule has 80 valence electrons. The molecule has 1 N–H and O–H groups in total. The van der Waals surface area contributed by atoms with Crippen LogP contribution in [-0.4, -0.2) is 5.91 Å². The van der Waals surface area contributed by atoms with Gasteiger partial charge in [0.15, 0.2) is 0 Å². The molecule has 1 aromatic rings. The highest BCUT2D eigenvalue weighted by Crippen LogP contribution is 2.31. The Morgan fingerprint density at radius 3 is 2.31 bits per heavy atom. The Morgan fingerprint density at radius 2 is 1.88 bits per heavy atom. The molecular formula is C10H5Cl2N3O. The number of nitrogens with one attached hydrogen (secondary N) is 1. The maximum absolute atomic E-state index is 11.2. The number of hydrogen-bond acceptors (Lipinski definition) is 3. The van der Waals surface area contributed by atoms with E-state index in [4.69, 9.17) is 33.7 Å². The number of nitriles is 2. The molecule has 1 rings (SSSR count). The fraction of sp³-hybridized carbons (Fsp3) is 0.100. The molecule has 0 aromatic heterocycles. The molecular weight excluding hydrogens is 249 g/mol. The topological polar surface area (TPSA) is 76.7 Å². The van der Waals surface area contributed by atoms with Crippen LogP contribution in [0.25, 0.3) is 0 Å². The highest BCUT2D eigenvalue weighted by atomic mass is 35.5. The van der Waals surface area contributed by atoms with Gasteiger partial charge in [0.25, 0.3) is 0 Å². The molecule has 0 aliphatic rings. The number of rotatable bonds is 2. The maximum Gasteiger partial charge on any atom is 0.238 e. The van der Waals surface area contributed by atoms with Crippen LogP contribution in [0.15, 0.2) is 12.1 Å². The van der Waals surface area contributed by atoms with E-state index in [9.17, 15) is 4.79 Å². The summed E-state index contributed by atoms with van der Waals surface area (Å²) in [6.45, 7) is 0. The molecule has 0 saturated heterocycles. The summed E-state index contributed by atoms with van der Waals surface area (Å²) in [6, 6.07) is 6.35. The van der Waals surface area contributed by atoms with E-state index in [-0.39, 0.29) is 22.2 Å². The first-order chi connectivity index (χ1) is 7.58. The number of anilines is 1. The van der Waals surface area contributed by atoms with Crippen LogP contribution in [0.2, 0.25) is 10.0 Å². The normalized spacial score (nSPS) is 9.00. The van der Waals surface area contributed by atoms with Gasteiger partial charge in [-0.3, -0.25) is 4.79 Å². The van der Waals surface area contributed by atoms with Crippen molar-refractivity contribution in [1.29, 1.82) is 10.5 Å². The average Bonchev–Trinajstić information content (AvgIpc) is 2.23. The SMILES string of the molecule is N#CCC(=O)Nc1c(Cl)cc(C#N)cc1Cl. The lowest BCUT2D eigenvalue weighted by atomic mass is 10.2. The molecule has 0 aliphatic heterocycles. The Bertz CT molecular complexity index is 491. The molecule has 0 bridgehead atoms. The van der Waals surface area contributed by atoms with Gasteiger partial charge in [0.05, 0.1) is 33.4 Å². The zero-order valence-corrected chi connectivity index (χ0v) is 9.43. The molecule has 0 saturated carbocycles. The van der Waals surface area contributed by atoms with E-state index in [1.54, 1.807) is 6.07 Å². The van der Waals surface area contributed by atoms with Gasteiger partial charge in [-0.1, -0.05) is 23.2 Å². The van der Waals surface area contributed by atoms with E-state index in [1.807, 2.05) is 6.07 Å². The zero-order valence-electron chi connectivity index (χ0n) is 7.92. The van der Waals surface area contributed by atoms with Crippen molar-refractivity contribution >= 4 is 34.8 Å². The van der Waals surface area contributed by atoms with Gasteiger partial charge in [-0.25, -0.2) is 0 Å². The fourth-order valence-electron chi connectivity index (χ4n) is 1.01. The second-order valence-electron chi connectivity index (χ2n) is 2.81. The molecule has 0 unspecified atom stereocenters. The number of carbonyl (C=O) groups is 1. The fourth-order valence-corrected chi connectivity index (χ4v) is 1.59. The van der Waals surface area contributed by atoms with Crippen molar-refractivity contribution in [3.63, 3.8) is 0 Å². The molecule has 0 spiro atoms. The summed E-state index contributed by atoms with van der Waals surface area (Å²) < 4.78 is 0. The summed E-state index contributed by atoms with van der Waals surface area (Å²) in [5, 5.41) is 19.7. The van der Waals surface area contributed by atoms with Crippen LogP contribution in [0.3, 0.4) is 0 Å². The Kier molecular flexibility index (Phi) is 4.13. The minimum absolute atomic E-state index is 0.162. The number of benzene rings is 1. The van der Waals surface area contributed by atoms with Gasteiger partial charge >= 0.3 is 0 Å². The predicted octanol–water partition coefficient (Wildman–Crippen LogP) is 2.72. The van der Waals surface area contributed by atoms with Crippen LogP contribution in [0.1, 0.15) is 12.0 Å². The Hall–Kier alpha value is -1.75. The Morgan fingerprint density at radius 1 is 1.31 bits per heavy atom. The van der Waals surface area contributed by atoms with Crippen LogP contribution in [0, 0.1) is 22.7 Å². The van der Waals surface area contributed by atoms with Gasteiger partial charge in [-0.15, -0.1) is 0 Å². The van der Waals surface area contributed by atoms with Gasteiger partial charge < -0.3 is 5.32 Å². The Labute approximate surface area is 102 Å². The van der Waals surface area contributed by atoms with Crippen LogP contribution in [0.5, 0.6) is 0 Å². The van der Waals surface area contributed by atoms with Crippen molar-refractivity contribution < 1.29 is 4.79 Å². The van der Waals surface area contributed by atoms with E-state index >= 15 is 0 Å². The van der Waals surface area contributed by atoms with Crippen molar-refractivity contribution in [2.45, 2.75) is 6.42 Å². The van der Waals surface area contributed by atoms with Gasteiger partial charge in [0, 0.05) is 0 Å². The predicted molar refractivity (Wildman–Crippen MR) is 60.0 cm³/mol. The summed E-state index contributed by atoms with van der Waals surface area (Å²) in [4.78, 5) is 11.2. The summed E-state index contributed by atoms with van der Waals surface area (Å²) in [6.07, 6.45) is -0.285. The Balaban J connectivity index is 3.03. The van der Waals surface area contributed by atoms with E-state index in [0.29, 0.717) is 5.56 Å². The molecule has 1 aromatic carbocycles. The number of nitrogens with zero attached hydrogens (tertiary/aromatic N) is 2. The van der Waals surface area contributed by atoms with Crippen molar-refractivity contribution in [3.8, 4) is 12.1 Å². The van der Waals surface area contributed by atoms with Gasteiger partial charge in [0.1, 0.15) is 6.42 Å². The summed E-state index contributed by atoms with van der Waals surface area (Å²) in [7, 11) is 0. The lowest BCUT2D eigenvalue weighted by Crippen LogP contribution is -2.11. The van der Waals surface area contributed by atoms with E-state index < -0.39 is 5.91 Å². The van der Waals surface area contributed by atoms with Crippen LogP contribution in [-0.2, 0) is 4.79 Å². The monoisotopic (exact) mass is 253 g/mol. The summed E-state index contributed by atoms with van der Waals surface area (Å²) in [5.41, 5.74) is 0.510. The highest BCUT2D eigenvalue weighted by Gasteiger charge is 2.11. The standard InChI is InChI=1S/C10H5Cl2N3O/c11-7-3-6(5-14)4-8(12)10(7)15-9(16)1-2-13/h3-4H,1H2,(H,15,16). The van der Waals surface area contributed by atoms with Crippen molar-refractivity contribution in [2.75, 3.05) is 5.32 Å². The second-order valence-corrected chi connectivity index (χ2v) is 3.62. The smallest absolute Gasteiger partial charge is 0.238 e. The van der Waals surface area contributed by atoms with Gasteiger partial charge in [0.2, 0.25) is 5.91 Å². The zero-order chi connectivity index (χ0) is 12.1. The number of carbonyl (C=O) groups excluding carboxylic acids is 1. The third-order valence-electron chi connectivity index (χ3n) is 1.68. The maximum atomic E-state index is 11.2. The average molecular weight is 254 g/mol. The first-order valence-electron chi connectivity index (χ1n) is 4.14. The summed E-state index contributed by atoms with van der Waals surface area (Å²) in [5.74, 6) is -0.504. The lowest BCUT2D eigenvalue weighted by molar-refractivity contribution is -0.115. The lowest BCUT2D eigenvalue weighted by Gasteiger charge is -2.07. The van der Waals surface area contributed by atoms with Crippen LogP contribution >= 0.6 is 23.2 Å². The third kappa shape index (κ3) is 2.87. The molecule has 0 fully saturated rings.